The summed E-state index contributed by atoms with van der Waals surface area (Å²) in [6.07, 6.45) is 15.0. The first kappa shape index (κ1) is 67.8. The lowest BCUT2D eigenvalue weighted by Gasteiger charge is -2.30. The van der Waals surface area contributed by atoms with Gasteiger partial charge in [0, 0.05) is 114 Å². The molecule has 0 N–H and O–H groups in total. The molecule has 0 saturated heterocycles. The van der Waals surface area contributed by atoms with Gasteiger partial charge in [0.05, 0.1) is 20.6 Å². The second-order valence-corrected chi connectivity index (χ2v) is 30.8. The third kappa shape index (κ3) is 12.5. The number of nitrogens with zero attached hydrogens (tertiary/aromatic N) is 4. The maximum Gasteiger partial charge on any atom is 0.210 e. The summed E-state index contributed by atoms with van der Waals surface area (Å²) in [5, 5.41) is 7.71. The normalized spacial score (nSPS) is 19.5. The molecule has 0 bridgehead atoms. The Hall–Kier alpha value is -7.62. The molecule has 16 heteroatoms. The molecule has 10 nitrogen and oxygen atoms in total. The van der Waals surface area contributed by atoms with Crippen molar-refractivity contribution in [2.24, 2.45) is 0 Å². The van der Waals surface area contributed by atoms with Crippen molar-refractivity contribution < 1.29 is 35.1 Å². The number of aryl methyl sites for hydroxylation is 2. The van der Waals surface area contributed by atoms with Crippen LogP contribution < -0.4 is 9.80 Å². The zero-order valence-corrected chi connectivity index (χ0v) is 59.3. The molecule has 94 heavy (non-hydrogen) atoms. The maximum atomic E-state index is 10.4. The van der Waals surface area contributed by atoms with Crippen molar-refractivity contribution in [1.29, 1.82) is 0 Å². The molecule has 0 aliphatic carbocycles. The van der Waals surface area contributed by atoms with Gasteiger partial charge in [-0.25, -0.2) is 16.8 Å². The van der Waals surface area contributed by atoms with Gasteiger partial charge in [-0.15, -0.1) is 0 Å². The Balaban J connectivity index is 0.000000346. The van der Waals surface area contributed by atoms with Gasteiger partial charge < -0.3 is 18.9 Å². The van der Waals surface area contributed by atoms with Crippen LogP contribution in [0.4, 0.5) is 22.7 Å². The summed E-state index contributed by atoms with van der Waals surface area (Å²) in [7, 11) is 0.0788. The highest BCUT2D eigenvalue weighted by atomic mass is 35.5. The minimum atomic E-state index is -4.27. The molecule has 0 fully saturated rings. The molecular weight excluding hydrogens is 1290 g/mol. The lowest BCUT2D eigenvalue weighted by Crippen LogP contribution is -2.30. The summed E-state index contributed by atoms with van der Waals surface area (Å²) in [4.78, 5) is 4.17. The number of rotatable bonds is 10. The van der Waals surface area contributed by atoms with Crippen LogP contribution in [-0.4, -0.2) is 74.7 Å². The van der Waals surface area contributed by atoms with E-state index in [1.165, 1.54) is 90.9 Å². The van der Waals surface area contributed by atoms with E-state index in [1.54, 1.807) is 24.3 Å². The van der Waals surface area contributed by atoms with Gasteiger partial charge in [-0.2, -0.15) is 9.15 Å². The van der Waals surface area contributed by atoms with E-state index in [2.05, 4.69) is 222 Å². The van der Waals surface area contributed by atoms with Gasteiger partial charge in [-0.05, 0) is 174 Å². The minimum absolute atomic E-state index is 0.178. The standard InChI is InChI=1S/C64H60Cl4N4.2C7H8O3S/c1-61(2)53(69(7)49-31-29-41-17-11-13-19-45(41)57(49)61)21-15-23-55-63(5,59-47(67)33-43(65)35-51(59)71(55)9)37-39-25-27-40(28-26-39)38-64(6)56(72(10)52-36-44(66)34-48(68)60(52)64)24-16-22-54-62(3,4)58-46-20-14-12-18-42(46)30-32-50(58)70(54)8;2*1-6-2-4-7(5-3-6)11(8,9)10/h11-36H,37-38H2,1-10H3;2*2-5H,1H3,(H,8,9,10)/q+2;;/p-2. The number of hydrogen-bond donors (Lipinski definition) is 0. The summed E-state index contributed by atoms with van der Waals surface area (Å²) in [5.74, 6) is 0. The summed E-state index contributed by atoms with van der Waals surface area (Å²) in [5.41, 5.74) is 17.2. The van der Waals surface area contributed by atoms with Crippen LogP contribution >= 0.6 is 46.4 Å². The van der Waals surface area contributed by atoms with Crippen LogP contribution in [0.5, 0.6) is 0 Å². The first-order chi connectivity index (χ1) is 44.2. The third-order valence-corrected chi connectivity index (χ3v) is 22.0. The summed E-state index contributed by atoms with van der Waals surface area (Å²) in [6, 6.07) is 54.9. The van der Waals surface area contributed by atoms with Gasteiger partial charge in [0.1, 0.15) is 34.3 Å². The predicted octanol–water partition coefficient (Wildman–Crippen LogP) is 18.6. The molecule has 482 valence electrons. The smallest absolute Gasteiger partial charge is 0.210 e. The molecule has 0 aromatic heterocycles. The van der Waals surface area contributed by atoms with Crippen molar-refractivity contribution in [2.45, 2.75) is 99.7 Å². The van der Waals surface area contributed by atoms with Gasteiger partial charge in [-0.3, -0.25) is 0 Å². The second-order valence-electron chi connectivity index (χ2n) is 26.4. The maximum absolute atomic E-state index is 10.4. The van der Waals surface area contributed by atoms with Crippen LogP contribution in [0.25, 0.3) is 21.5 Å². The zero-order valence-electron chi connectivity index (χ0n) is 54.6. The molecule has 4 aliphatic heterocycles. The van der Waals surface area contributed by atoms with Crippen LogP contribution in [0.15, 0.2) is 227 Å². The third-order valence-electron chi connectivity index (χ3n) is 19.3. The molecule has 2 atom stereocenters. The Morgan fingerprint density at radius 2 is 0.798 bits per heavy atom. The Morgan fingerprint density at radius 3 is 1.14 bits per heavy atom. The van der Waals surface area contributed by atoms with Crippen LogP contribution in [-0.2, 0) is 54.7 Å². The SMILES string of the molecule is CN1C(=CC=CC2=[N+](C)c3ccc4ccccc4c3C2(C)C)C(C)(Cc2ccc(CC3(C)C(=CC=CC4=[N+](C)c5ccc6ccccc6c5C4(C)C)N(C)c4cc(Cl)cc(Cl)c43)cc2)c2c(Cl)cc(Cl)cc21.Cc1ccc(S(=O)(=O)[O-])cc1.Cc1ccc(S(=O)(=O)[O-])cc1. The average molecular weight is 1370 g/mol. The van der Waals surface area contributed by atoms with Crippen molar-refractivity contribution in [1.82, 2.24) is 0 Å². The van der Waals surface area contributed by atoms with Gasteiger partial charge in [0.25, 0.3) is 0 Å². The highest BCUT2D eigenvalue weighted by Gasteiger charge is 2.48. The van der Waals surface area contributed by atoms with Gasteiger partial charge in [0.2, 0.25) is 11.4 Å². The molecule has 2 unspecified atom stereocenters. The van der Waals surface area contributed by atoms with E-state index in [-0.39, 0.29) is 20.6 Å². The molecule has 9 aromatic rings. The van der Waals surface area contributed by atoms with E-state index in [0.29, 0.717) is 20.1 Å². The minimum Gasteiger partial charge on any atom is -0.744 e. The zero-order chi connectivity index (χ0) is 67.8. The van der Waals surface area contributed by atoms with E-state index >= 15 is 0 Å². The number of likely N-dealkylation sites (N-methyl/N-ethyl adjacent to an activating group) is 2. The van der Waals surface area contributed by atoms with E-state index in [9.17, 15) is 25.9 Å². The van der Waals surface area contributed by atoms with Crippen molar-refractivity contribution in [3.05, 3.63) is 282 Å². The topological polar surface area (TPSA) is 127 Å². The first-order valence-electron chi connectivity index (χ1n) is 30.9. The van der Waals surface area contributed by atoms with Crippen LogP contribution in [0.3, 0.4) is 0 Å². The Kier molecular flexibility index (Phi) is 18.4. The second kappa shape index (κ2) is 25.5. The highest BCUT2D eigenvalue weighted by molar-refractivity contribution is 7.86. The van der Waals surface area contributed by atoms with Crippen molar-refractivity contribution in [2.75, 3.05) is 38.0 Å². The number of hydrogen-bond acceptors (Lipinski definition) is 8. The summed E-state index contributed by atoms with van der Waals surface area (Å²) < 4.78 is 67.0. The number of anilines is 2. The first-order valence-corrected chi connectivity index (χ1v) is 35.2. The van der Waals surface area contributed by atoms with E-state index in [0.717, 1.165) is 57.9 Å². The fourth-order valence-electron chi connectivity index (χ4n) is 14.8. The molecule has 0 radical (unpaired) electrons. The quantitative estimate of drug-likeness (QED) is 0.0979. The number of allylic oxidation sites excluding steroid dienone is 8. The molecule has 13 rings (SSSR count). The lowest BCUT2D eigenvalue weighted by molar-refractivity contribution is -0.401. The van der Waals surface area contributed by atoms with E-state index in [1.807, 2.05) is 38.1 Å². The fourth-order valence-corrected chi connectivity index (χ4v) is 17.1. The van der Waals surface area contributed by atoms with E-state index < -0.39 is 31.1 Å². The largest absolute Gasteiger partial charge is 0.744 e. The van der Waals surface area contributed by atoms with Gasteiger partial charge in [0.15, 0.2) is 11.4 Å². The van der Waals surface area contributed by atoms with Gasteiger partial charge >= 0.3 is 0 Å². The Bertz CT molecular complexity index is 4680. The molecule has 0 amide bonds. The Morgan fingerprint density at radius 1 is 0.457 bits per heavy atom. The predicted molar refractivity (Wildman–Crippen MR) is 387 cm³/mol. The monoisotopic (exact) mass is 1370 g/mol. The number of halogens is 4. The van der Waals surface area contributed by atoms with Crippen molar-refractivity contribution >= 4 is 122 Å². The van der Waals surface area contributed by atoms with Crippen molar-refractivity contribution in [3.63, 3.8) is 0 Å². The van der Waals surface area contributed by atoms with Gasteiger partial charge in [-0.1, -0.05) is 167 Å². The summed E-state index contributed by atoms with van der Waals surface area (Å²) in [6.45, 7) is 17.6. The fraction of sp³-hybridized carbons (Fsp3) is 0.231. The molecule has 9 aromatic carbocycles. The van der Waals surface area contributed by atoms with Crippen molar-refractivity contribution in [3.8, 4) is 0 Å². The highest BCUT2D eigenvalue weighted by Crippen LogP contribution is 2.55. The number of fused-ring (bicyclic) bond motifs is 8. The van der Waals surface area contributed by atoms with Crippen LogP contribution in [0.2, 0.25) is 20.1 Å². The molecule has 0 spiro atoms. The van der Waals surface area contributed by atoms with Crippen LogP contribution in [0, 0.1) is 13.8 Å². The molecule has 0 saturated carbocycles. The molecule has 4 heterocycles. The molecule has 4 aliphatic rings. The summed E-state index contributed by atoms with van der Waals surface area (Å²) >= 11 is 27.8. The number of benzene rings is 9. The van der Waals surface area contributed by atoms with Crippen LogP contribution in [0.1, 0.15) is 86.1 Å². The average Bonchev–Trinajstić information content (AvgIpc) is 1.59. The van der Waals surface area contributed by atoms with E-state index in [4.69, 9.17) is 46.4 Å². The Labute approximate surface area is 573 Å². The lowest BCUT2D eigenvalue weighted by atomic mass is 9.74. The molecular formula is C78H74Cl4N4O6S2.